The van der Waals surface area contributed by atoms with Crippen LogP contribution in [0.2, 0.25) is 0 Å². The summed E-state index contributed by atoms with van der Waals surface area (Å²) in [5.41, 5.74) is 0. The van der Waals surface area contributed by atoms with Gasteiger partial charge in [0.2, 0.25) is 5.91 Å². The number of hydrogen-bond acceptors (Lipinski definition) is 5. The van der Waals surface area contributed by atoms with E-state index in [0.717, 1.165) is 26.2 Å². The lowest BCUT2D eigenvalue weighted by Gasteiger charge is -2.26. The van der Waals surface area contributed by atoms with Gasteiger partial charge >= 0.3 is 0 Å². The maximum atomic E-state index is 11.6. The fraction of sp³-hybridized carbons (Fsp3) is 0.556. The molecule has 82 valence electrons. The molecule has 1 saturated heterocycles. The molecular formula is C9H14N4OS. The van der Waals surface area contributed by atoms with Gasteiger partial charge in [-0.3, -0.25) is 9.69 Å². The van der Waals surface area contributed by atoms with E-state index < -0.39 is 0 Å². The predicted molar refractivity (Wildman–Crippen MR) is 60.1 cm³/mol. The molecule has 1 aromatic heterocycles. The van der Waals surface area contributed by atoms with E-state index in [0.29, 0.717) is 11.7 Å². The highest BCUT2D eigenvalue weighted by atomic mass is 32.1. The molecule has 6 heteroatoms. The van der Waals surface area contributed by atoms with Crippen LogP contribution in [0.1, 0.15) is 0 Å². The van der Waals surface area contributed by atoms with Gasteiger partial charge in [-0.2, -0.15) is 0 Å². The average molecular weight is 226 g/mol. The summed E-state index contributed by atoms with van der Waals surface area (Å²) in [4.78, 5) is 17.7. The zero-order valence-electron chi connectivity index (χ0n) is 8.40. The van der Waals surface area contributed by atoms with Crippen LogP contribution in [0, 0.1) is 0 Å². The van der Waals surface area contributed by atoms with Gasteiger partial charge in [0, 0.05) is 37.8 Å². The molecule has 0 aromatic carbocycles. The smallest absolute Gasteiger partial charge is 0.240 e. The van der Waals surface area contributed by atoms with Crippen LogP contribution < -0.4 is 10.6 Å². The number of thiazole rings is 1. The first-order valence-corrected chi connectivity index (χ1v) is 5.85. The van der Waals surface area contributed by atoms with Gasteiger partial charge in [-0.05, 0) is 0 Å². The van der Waals surface area contributed by atoms with Crippen molar-refractivity contribution in [3.05, 3.63) is 11.6 Å². The van der Waals surface area contributed by atoms with E-state index in [1.807, 2.05) is 5.38 Å². The highest BCUT2D eigenvalue weighted by Crippen LogP contribution is 2.09. The number of nitrogens with zero attached hydrogens (tertiary/aromatic N) is 2. The van der Waals surface area contributed by atoms with E-state index >= 15 is 0 Å². The third-order valence-corrected chi connectivity index (χ3v) is 2.94. The van der Waals surface area contributed by atoms with Crippen LogP contribution in [0.4, 0.5) is 5.13 Å². The Morgan fingerprint density at radius 1 is 1.60 bits per heavy atom. The number of carbonyl (C=O) groups is 1. The number of rotatable bonds is 3. The van der Waals surface area contributed by atoms with Crippen LogP contribution in [0.15, 0.2) is 11.6 Å². The molecule has 1 aromatic rings. The molecule has 0 spiro atoms. The topological polar surface area (TPSA) is 57.3 Å². The molecule has 15 heavy (non-hydrogen) atoms. The maximum Gasteiger partial charge on any atom is 0.240 e. The Hall–Kier alpha value is -0.980. The average Bonchev–Trinajstić information content (AvgIpc) is 2.71. The Labute approximate surface area is 92.5 Å². The molecule has 0 unspecified atom stereocenters. The van der Waals surface area contributed by atoms with E-state index in [2.05, 4.69) is 20.5 Å². The minimum atomic E-state index is 0.0202. The molecule has 1 aliphatic heterocycles. The predicted octanol–water partition coefficient (Wildman–Crippen LogP) is -0.0132. The first kappa shape index (κ1) is 10.5. The van der Waals surface area contributed by atoms with Crippen LogP contribution in [-0.4, -0.2) is 48.5 Å². The Bertz CT molecular complexity index is 308. The van der Waals surface area contributed by atoms with Gasteiger partial charge in [-0.1, -0.05) is 0 Å². The summed E-state index contributed by atoms with van der Waals surface area (Å²) in [7, 11) is 0. The summed E-state index contributed by atoms with van der Waals surface area (Å²) >= 11 is 1.44. The molecule has 1 fully saturated rings. The van der Waals surface area contributed by atoms with Crippen molar-refractivity contribution in [3.63, 3.8) is 0 Å². The van der Waals surface area contributed by atoms with E-state index in [1.165, 1.54) is 11.3 Å². The molecule has 0 aliphatic carbocycles. The summed E-state index contributed by atoms with van der Waals surface area (Å²) in [6.45, 7) is 4.26. The minimum absolute atomic E-state index is 0.0202. The first-order valence-electron chi connectivity index (χ1n) is 4.97. The molecule has 0 saturated carbocycles. The number of aromatic nitrogens is 1. The van der Waals surface area contributed by atoms with Gasteiger partial charge in [-0.25, -0.2) is 4.98 Å². The first-order chi connectivity index (χ1) is 7.34. The molecule has 1 aliphatic rings. The van der Waals surface area contributed by atoms with Crippen molar-refractivity contribution in [1.82, 2.24) is 15.2 Å². The lowest BCUT2D eigenvalue weighted by atomic mass is 10.3. The lowest BCUT2D eigenvalue weighted by Crippen LogP contribution is -2.46. The normalized spacial score (nSPS) is 17.6. The molecular weight excluding hydrogens is 212 g/mol. The van der Waals surface area contributed by atoms with Crippen molar-refractivity contribution in [2.24, 2.45) is 0 Å². The molecule has 2 N–H and O–H groups in total. The summed E-state index contributed by atoms with van der Waals surface area (Å²) in [5.74, 6) is 0.0202. The van der Waals surface area contributed by atoms with Crippen LogP contribution in [0.25, 0.3) is 0 Å². The number of piperazine rings is 1. The molecule has 2 rings (SSSR count). The molecule has 2 heterocycles. The maximum absolute atomic E-state index is 11.6. The van der Waals surface area contributed by atoms with Crippen molar-refractivity contribution in [1.29, 1.82) is 0 Å². The Kier molecular flexibility index (Phi) is 3.65. The van der Waals surface area contributed by atoms with Crippen molar-refractivity contribution >= 4 is 22.4 Å². The van der Waals surface area contributed by atoms with Crippen molar-refractivity contribution < 1.29 is 4.79 Å². The second-order valence-corrected chi connectivity index (χ2v) is 4.31. The SMILES string of the molecule is O=C(CN1CCNCC1)Nc1nccs1. The summed E-state index contributed by atoms with van der Waals surface area (Å²) < 4.78 is 0. The van der Waals surface area contributed by atoms with E-state index in [9.17, 15) is 4.79 Å². The standard InChI is InChI=1S/C9H14N4OS/c14-8(12-9-11-3-6-15-9)7-13-4-1-10-2-5-13/h3,6,10H,1-2,4-5,7H2,(H,11,12,14). The van der Waals surface area contributed by atoms with Crippen LogP contribution in [0.5, 0.6) is 0 Å². The Morgan fingerprint density at radius 3 is 3.07 bits per heavy atom. The number of anilines is 1. The van der Waals surface area contributed by atoms with Gasteiger partial charge in [0.25, 0.3) is 0 Å². The molecule has 5 nitrogen and oxygen atoms in total. The Morgan fingerprint density at radius 2 is 2.40 bits per heavy atom. The zero-order valence-corrected chi connectivity index (χ0v) is 9.22. The van der Waals surface area contributed by atoms with Gasteiger partial charge in [0.15, 0.2) is 5.13 Å². The highest BCUT2D eigenvalue weighted by Gasteiger charge is 2.13. The lowest BCUT2D eigenvalue weighted by molar-refractivity contribution is -0.117. The highest BCUT2D eigenvalue weighted by molar-refractivity contribution is 7.13. The van der Waals surface area contributed by atoms with E-state index in [-0.39, 0.29) is 5.91 Å². The molecule has 0 radical (unpaired) electrons. The molecule has 1 amide bonds. The summed E-state index contributed by atoms with van der Waals surface area (Å²) in [6.07, 6.45) is 1.69. The monoisotopic (exact) mass is 226 g/mol. The second-order valence-electron chi connectivity index (χ2n) is 3.41. The minimum Gasteiger partial charge on any atom is -0.314 e. The fourth-order valence-electron chi connectivity index (χ4n) is 1.52. The van der Waals surface area contributed by atoms with Gasteiger partial charge < -0.3 is 10.6 Å². The zero-order chi connectivity index (χ0) is 10.5. The van der Waals surface area contributed by atoms with Crippen LogP contribution >= 0.6 is 11.3 Å². The number of hydrogen-bond donors (Lipinski definition) is 2. The largest absolute Gasteiger partial charge is 0.314 e. The molecule has 0 atom stereocenters. The number of amides is 1. The van der Waals surface area contributed by atoms with Gasteiger partial charge in [0.05, 0.1) is 6.54 Å². The summed E-state index contributed by atoms with van der Waals surface area (Å²) in [6, 6.07) is 0. The van der Waals surface area contributed by atoms with Crippen LogP contribution in [0.3, 0.4) is 0 Å². The van der Waals surface area contributed by atoms with Gasteiger partial charge in [0.1, 0.15) is 0 Å². The van der Waals surface area contributed by atoms with E-state index in [1.54, 1.807) is 6.20 Å². The van der Waals surface area contributed by atoms with Crippen molar-refractivity contribution in [2.75, 3.05) is 38.0 Å². The second kappa shape index (κ2) is 5.20. The summed E-state index contributed by atoms with van der Waals surface area (Å²) in [5, 5.41) is 8.55. The number of nitrogens with one attached hydrogen (secondary N) is 2. The number of carbonyl (C=O) groups excluding carboxylic acids is 1. The van der Waals surface area contributed by atoms with E-state index in [4.69, 9.17) is 0 Å². The fourth-order valence-corrected chi connectivity index (χ4v) is 2.06. The quantitative estimate of drug-likeness (QED) is 0.761. The Balaban J connectivity index is 1.76. The van der Waals surface area contributed by atoms with Crippen molar-refractivity contribution in [3.8, 4) is 0 Å². The van der Waals surface area contributed by atoms with Crippen molar-refractivity contribution in [2.45, 2.75) is 0 Å². The third-order valence-electron chi connectivity index (χ3n) is 2.26. The molecule has 0 bridgehead atoms. The van der Waals surface area contributed by atoms with Gasteiger partial charge in [-0.15, -0.1) is 11.3 Å². The third kappa shape index (κ3) is 3.26. The van der Waals surface area contributed by atoms with Crippen LogP contribution in [-0.2, 0) is 4.79 Å².